The first-order chi connectivity index (χ1) is 7.31. The molecule has 1 heterocycles. The molecule has 0 saturated heterocycles. The second-order valence-electron chi connectivity index (χ2n) is 3.71. The van der Waals surface area contributed by atoms with Gasteiger partial charge in [-0.3, -0.25) is 4.90 Å². The summed E-state index contributed by atoms with van der Waals surface area (Å²) in [6, 6.07) is 4.99. The molecular formula is C12H20ClNS. The zero-order chi connectivity index (χ0) is 11.1. The Hall–Kier alpha value is -0.0500. The van der Waals surface area contributed by atoms with Crippen LogP contribution in [-0.2, 0) is 6.54 Å². The molecule has 0 N–H and O–H groups in total. The Morgan fingerprint density at radius 2 is 2.13 bits per heavy atom. The van der Waals surface area contributed by atoms with Gasteiger partial charge >= 0.3 is 0 Å². The Morgan fingerprint density at radius 3 is 2.60 bits per heavy atom. The van der Waals surface area contributed by atoms with E-state index in [9.17, 15) is 0 Å². The van der Waals surface area contributed by atoms with Crippen LogP contribution in [0.15, 0.2) is 17.5 Å². The van der Waals surface area contributed by atoms with Crippen molar-refractivity contribution >= 4 is 22.9 Å². The molecule has 0 fully saturated rings. The van der Waals surface area contributed by atoms with Gasteiger partial charge in [0.15, 0.2) is 0 Å². The maximum atomic E-state index is 5.86. The van der Waals surface area contributed by atoms with Crippen LogP contribution in [0.1, 0.15) is 31.6 Å². The Bertz CT molecular complexity index is 244. The van der Waals surface area contributed by atoms with E-state index in [4.69, 9.17) is 11.6 Å². The Kier molecular flexibility index (Phi) is 6.30. The maximum absolute atomic E-state index is 5.86. The Labute approximate surface area is 102 Å². The molecule has 0 aliphatic heterocycles. The number of hydrogen-bond donors (Lipinski definition) is 0. The molecule has 0 aliphatic carbocycles. The Balaban J connectivity index is 2.56. The number of alkyl halides is 1. The molecule has 0 amide bonds. The topological polar surface area (TPSA) is 3.24 Å². The van der Waals surface area contributed by atoms with Crippen molar-refractivity contribution in [2.45, 2.75) is 39.3 Å². The molecule has 0 spiro atoms. The highest BCUT2D eigenvalue weighted by Gasteiger charge is 2.14. The normalized spacial score (nSPS) is 11.5. The van der Waals surface area contributed by atoms with Crippen molar-refractivity contribution in [2.24, 2.45) is 0 Å². The number of rotatable bonds is 7. The molecule has 0 atom stereocenters. The second-order valence-corrected chi connectivity index (χ2v) is 5.12. The fraction of sp³-hybridized carbons (Fsp3) is 0.667. The molecular weight excluding hydrogens is 226 g/mol. The lowest BCUT2D eigenvalue weighted by Gasteiger charge is -2.29. The smallest absolute Gasteiger partial charge is 0.0351 e. The largest absolute Gasteiger partial charge is 0.294 e. The monoisotopic (exact) mass is 245 g/mol. The minimum atomic E-state index is 0.672. The quantitative estimate of drug-likeness (QED) is 0.657. The SMILES string of the molecule is CCC(CC)N(CCCl)Cc1cccs1. The summed E-state index contributed by atoms with van der Waals surface area (Å²) < 4.78 is 0. The van der Waals surface area contributed by atoms with Gasteiger partial charge in [0.2, 0.25) is 0 Å². The predicted octanol–water partition coefficient (Wildman–Crippen LogP) is 3.98. The van der Waals surface area contributed by atoms with Gasteiger partial charge < -0.3 is 0 Å². The Morgan fingerprint density at radius 1 is 1.40 bits per heavy atom. The van der Waals surface area contributed by atoms with E-state index in [1.165, 1.54) is 17.7 Å². The van der Waals surface area contributed by atoms with Gasteiger partial charge in [-0.1, -0.05) is 19.9 Å². The van der Waals surface area contributed by atoms with Crippen LogP contribution in [-0.4, -0.2) is 23.4 Å². The van der Waals surface area contributed by atoms with Crippen LogP contribution in [0.3, 0.4) is 0 Å². The lowest BCUT2D eigenvalue weighted by atomic mass is 10.1. The predicted molar refractivity (Wildman–Crippen MR) is 69.8 cm³/mol. The molecule has 0 bridgehead atoms. The van der Waals surface area contributed by atoms with Crippen LogP contribution in [0.2, 0.25) is 0 Å². The number of thiophene rings is 1. The van der Waals surface area contributed by atoms with E-state index in [0.29, 0.717) is 6.04 Å². The van der Waals surface area contributed by atoms with E-state index < -0.39 is 0 Å². The van der Waals surface area contributed by atoms with Crippen molar-refractivity contribution in [3.63, 3.8) is 0 Å². The van der Waals surface area contributed by atoms with Gasteiger partial charge in [0, 0.05) is 29.9 Å². The highest BCUT2D eigenvalue weighted by molar-refractivity contribution is 7.09. The zero-order valence-electron chi connectivity index (χ0n) is 9.58. The molecule has 0 aromatic carbocycles. The summed E-state index contributed by atoms with van der Waals surface area (Å²) >= 11 is 7.69. The number of nitrogens with zero attached hydrogens (tertiary/aromatic N) is 1. The summed E-state index contributed by atoms with van der Waals surface area (Å²) in [6.07, 6.45) is 2.41. The lowest BCUT2D eigenvalue weighted by Crippen LogP contribution is -2.35. The summed E-state index contributed by atoms with van der Waals surface area (Å²) in [5.41, 5.74) is 0. The molecule has 0 radical (unpaired) electrons. The first kappa shape index (κ1) is 13.0. The number of hydrogen-bond acceptors (Lipinski definition) is 2. The van der Waals surface area contributed by atoms with Crippen LogP contribution in [0.4, 0.5) is 0 Å². The fourth-order valence-corrected chi connectivity index (χ4v) is 2.85. The van der Waals surface area contributed by atoms with E-state index in [1.807, 2.05) is 11.3 Å². The minimum Gasteiger partial charge on any atom is -0.294 e. The summed E-state index contributed by atoms with van der Waals surface area (Å²) in [7, 11) is 0. The van der Waals surface area contributed by atoms with Crippen LogP contribution in [0.5, 0.6) is 0 Å². The van der Waals surface area contributed by atoms with Gasteiger partial charge in [-0.15, -0.1) is 22.9 Å². The van der Waals surface area contributed by atoms with Gasteiger partial charge in [0.25, 0.3) is 0 Å². The second kappa shape index (κ2) is 7.26. The third kappa shape index (κ3) is 4.13. The average molecular weight is 246 g/mol. The minimum absolute atomic E-state index is 0.672. The van der Waals surface area contributed by atoms with Crippen molar-refractivity contribution in [3.05, 3.63) is 22.4 Å². The third-order valence-corrected chi connectivity index (χ3v) is 3.80. The highest BCUT2D eigenvalue weighted by atomic mass is 35.5. The van der Waals surface area contributed by atoms with Crippen molar-refractivity contribution in [1.82, 2.24) is 4.90 Å². The molecule has 86 valence electrons. The van der Waals surface area contributed by atoms with Crippen LogP contribution >= 0.6 is 22.9 Å². The van der Waals surface area contributed by atoms with Gasteiger partial charge in [-0.25, -0.2) is 0 Å². The lowest BCUT2D eigenvalue weighted by molar-refractivity contribution is 0.190. The zero-order valence-corrected chi connectivity index (χ0v) is 11.2. The van der Waals surface area contributed by atoms with Crippen molar-refractivity contribution < 1.29 is 0 Å². The number of halogens is 1. The highest BCUT2D eigenvalue weighted by Crippen LogP contribution is 2.16. The first-order valence-corrected chi connectivity index (χ1v) is 7.05. The van der Waals surface area contributed by atoms with E-state index in [1.54, 1.807) is 0 Å². The molecule has 15 heavy (non-hydrogen) atoms. The molecule has 1 rings (SSSR count). The van der Waals surface area contributed by atoms with Gasteiger partial charge in [0.05, 0.1) is 0 Å². The van der Waals surface area contributed by atoms with E-state index in [2.05, 4.69) is 36.3 Å². The van der Waals surface area contributed by atoms with Gasteiger partial charge in [-0.05, 0) is 24.3 Å². The van der Waals surface area contributed by atoms with E-state index in [-0.39, 0.29) is 0 Å². The molecule has 0 aliphatic rings. The van der Waals surface area contributed by atoms with Crippen LogP contribution in [0, 0.1) is 0 Å². The van der Waals surface area contributed by atoms with E-state index in [0.717, 1.165) is 19.0 Å². The maximum Gasteiger partial charge on any atom is 0.0351 e. The molecule has 3 heteroatoms. The average Bonchev–Trinajstić information content (AvgIpc) is 2.72. The van der Waals surface area contributed by atoms with Crippen LogP contribution < -0.4 is 0 Å². The molecule has 1 aromatic heterocycles. The standard InChI is InChI=1S/C12H20ClNS/c1-3-11(4-2)14(8-7-13)10-12-6-5-9-15-12/h5-6,9,11H,3-4,7-8,10H2,1-2H3. The molecule has 0 saturated carbocycles. The van der Waals surface area contributed by atoms with Gasteiger partial charge in [0.1, 0.15) is 0 Å². The summed E-state index contributed by atoms with van der Waals surface area (Å²) in [5, 5.41) is 2.14. The first-order valence-electron chi connectivity index (χ1n) is 5.64. The summed E-state index contributed by atoms with van der Waals surface area (Å²) in [4.78, 5) is 3.94. The van der Waals surface area contributed by atoms with Crippen molar-refractivity contribution in [1.29, 1.82) is 0 Å². The van der Waals surface area contributed by atoms with Crippen molar-refractivity contribution in [3.8, 4) is 0 Å². The molecule has 0 unspecified atom stereocenters. The van der Waals surface area contributed by atoms with Crippen LogP contribution in [0.25, 0.3) is 0 Å². The fourth-order valence-electron chi connectivity index (χ4n) is 1.91. The third-order valence-electron chi connectivity index (χ3n) is 2.77. The summed E-state index contributed by atoms with van der Waals surface area (Å²) in [6.45, 7) is 6.55. The van der Waals surface area contributed by atoms with Crippen molar-refractivity contribution in [2.75, 3.05) is 12.4 Å². The molecule has 1 nitrogen and oxygen atoms in total. The summed E-state index contributed by atoms with van der Waals surface area (Å²) in [5.74, 6) is 0.724. The van der Waals surface area contributed by atoms with E-state index >= 15 is 0 Å². The van der Waals surface area contributed by atoms with Gasteiger partial charge in [-0.2, -0.15) is 0 Å². The molecule has 1 aromatic rings.